The maximum absolute atomic E-state index is 14.5. The monoisotopic (exact) mass is 1910 g/mol. The van der Waals surface area contributed by atoms with Gasteiger partial charge in [-0.1, -0.05) is 44.2 Å². The second kappa shape index (κ2) is 57.8. The van der Waals surface area contributed by atoms with E-state index in [-0.39, 0.29) is 136 Å². The molecule has 0 spiro atoms. The molecule has 0 heterocycles. The molecule has 1 aromatic carbocycles. The van der Waals surface area contributed by atoms with Crippen LogP contribution in [0.25, 0.3) is 0 Å². The number of ether oxygens (including phenoxy) is 16. The van der Waals surface area contributed by atoms with Crippen LogP contribution in [0.1, 0.15) is 282 Å². The van der Waals surface area contributed by atoms with Gasteiger partial charge in [0.05, 0.1) is 101 Å². The highest BCUT2D eigenvalue weighted by atomic mass is 16.7. The van der Waals surface area contributed by atoms with Gasteiger partial charge in [-0.3, -0.25) is 81.5 Å². The Morgan fingerprint density at radius 2 is 0.761 bits per heavy atom. The number of rotatable bonds is 63. The van der Waals surface area contributed by atoms with Gasteiger partial charge in [-0.25, -0.2) is 0 Å². The summed E-state index contributed by atoms with van der Waals surface area (Å²) in [6.07, 6.45) is -7.90. The summed E-state index contributed by atoms with van der Waals surface area (Å²) in [6.45, 7) is 36.6. The van der Waals surface area contributed by atoms with E-state index < -0.39 is 239 Å². The van der Waals surface area contributed by atoms with Crippen LogP contribution in [0.3, 0.4) is 0 Å². The number of nitrogens with one attached hydrogen (secondary N) is 7. The highest BCUT2D eigenvalue weighted by Gasteiger charge is 2.52. The smallest absolute Gasteiger partial charge is 0.306 e. The van der Waals surface area contributed by atoms with E-state index in [2.05, 4.69) is 37.2 Å². The standard InChI is InChI=1S/C94H153N7O33/c1-57(50-122-62(6)105)47-73(82(96-60(4)103)86(128-67(11)110)129-68(12)111)132-91(21,22)41-38-88(15,16)98-77(115)35-44-119-54-94(101-76(114)33-30-34-80(118)125-52-71-31-28-27-29-32-71,55-120-45-36-78(116)99-89(17,18)39-42-92(23,24)133-74(48-58(2)51-123-63(7)106)83(97-61(5)104)87(130-69(13)112)131-70(14)113)56-121-46-37-79(117)100-90(19,20)40-43-93(25,26)134-75-49-72(53-124-64(8)107)84(126-65(9)108)85(127-66(10)109)81(75)95-59(3)102/h27-29,31-32,57-58,72-75,81-87H,30,33-56H2,1-26H3,(H,95,102)(H,96,103)(H,97,104)(H,98,115)(H,99,116)(H,100,117)(H,101,114). The highest BCUT2D eigenvalue weighted by molar-refractivity contribution is 5.80. The molecule has 40 nitrogen and oxygen atoms in total. The predicted octanol–water partition coefficient (Wildman–Crippen LogP) is 7.54. The van der Waals surface area contributed by atoms with Gasteiger partial charge in [0.15, 0.2) is 6.10 Å². The molecule has 0 aromatic heterocycles. The molecule has 762 valence electrons. The molecule has 2 rings (SSSR count). The summed E-state index contributed by atoms with van der Waals surface area (Å²) < 4.78 is 93.8. The number of hydrogen-bond donors (Lipinski definition) is 7. The van der Waals surface area contributed by atoms with Crippen LogP contribution in [0.4, 0.5) is 0 Å². The van der Waals surface area contributed by atoms with Gasteiger partial charge in [-0.05, 0) is 165 Å². The second-order valence-corrected chi connectivity index (χ2v) is 38.4. The number of esters is 10. The SMILES string of the molecule is CC(=O)NC(C(CC(C)COC(C)=O)OC(C)(C)CCC(C)(C)NC(=O)CCOCC(COCCC(=O)NC(C)(C)CCC(C)(C)OC(CC(C)COC(C)=O)C(NC(C)=O)C(OC(C)=O)OC(C)=O)(COCCC(=O)NC(C)(C)CCC(C)(C)OC1CC(COC(C)=O)C(OC(C)=O)C(OC(C)=O)C1NC(C)=O)NC(=O)CCCC(=O)OCc1ccccc1)C(OC(C)=O)OC(C)=O. The van der Waals surface area contributed by atoms with Crippen LogP contribution in [0.5, 0.6) is 0 Å². The minimum atomic E-state index is -1.66. The van der Waals surface area contributed by atoms with Crippen molar-refractivity contribution in [1.29, 1.82) is 0 Å². The van der Waals surface area contributed by atoms with E-state index in [0.717, 1.165) is 40.2 Å². The fourth-order valence-corrected chi connectivity index (χ4v) is 14.8. The second-order valence-electron chi connectivity index (χ2n) is 38.4. The third-order valence-corrected chi connectivity index (χ3v) is 21.1. The molecule has 1 aromatic rings. The molecule has 0 aliphatic heterocycles. The average molecular weight is 1910 g/mol. The predicted molar refractivity (Wildman–Crippen MR) is 483 cm³/mol. The van der Waals surface area contributed by atoms with Crippen molar-refractivity contribution in [2.24, 2.45) is 17.8 Å². The van der Waals surface area contributed by atoms with E-state index in [0.29, 0.717) is 6.42 Å². The van der Waals surface area contributed by atoms with Gasteiger partial charge in [0.25, 0.3) is 12.6 Å². The largest absolute Gasteiger partial charge is 0.466 e. The third-order valence-electron chi connectivity index (χ3n) is 21.1. The Morgan fingerprint density at radius 1 is 0.396 bits per heavy atom. The molecular formula is C94H153N7O33. The molecule has 0 radical (unpaired) electrons. The van der Waals surface area contributed by atoms with Crippen molar-refractivity contribution >= 4 is 101 Å². The van der Waals surface area contributed by atoms with E-state index in [4.69, 9.17) is 75.8 Å². The van der Waals surface area contributed by atoms with Gasteiger partial charge in [0.1, 0.15) is 30.3 Å². The first-order chi connectivity index (χ1) is 62.0. The first-order valence-corrected chi connectivity index (χ1v) is 45.5. The summed E-state index contributed by atoms with van der Waals surface area (Å²) in [5, 5.41) is 20.4. The summed E-state index contributed by atoms with van der Waals surface area (Å²) in [6, 6.07) is 5.43. The zero-order chi connectivity index (χ0) is 102. The zero-order valence-corrected chi connectivity index (χ0v) is 83.5. The van der Waals surface area contributed by atoms with Gasteiger partial charge in [0.2, 0.25) is 41.4 Å². The third kappa shape index (κ3) is 52.7. The van der Waals surface area contributed by atoms with Crippen LogP contribution in [0.2, 0.25) is 0 Å². The van der Waals surface area contributed by atoms with Crippen LogP contribution >= 0.6 is 0 Å². The Morgan fingerprint density at radius 3 is 1.11 bits per heavy atom. The van der Waals surface area contributed by atoms with Crippen LogP contribution < -0.4 is 37.2 Å². The van der Waals surface area contributed by atoms with Gasteiger partial charge in [-0.2, -0.15) is 0 Å². The van der Waals surface area contributed by atoms with Crippen molar-refractivity contribution in [1.82, 2.24) is 37.2 Å². The molecule has 7 N–H and O–H groups in total. The molecule has 0 bridgehead atoms. The Labute approximate surface area is 788 Å². The fraction of sp³-hybridized carbons (Fsp3) is 0.755. The molecule has 11 unspecified atom stereocenters. The van der Waals surface area contributed by atoms with E-state index in [1.54, 1.807) is 121 Å². The first-order valence-electron chi connectivity index (χ1n) is 45.5. The normalized spacial score (nSPS) is 17.1. The zero-order valence-electron chi connectivity index (χ0n) is 83.5. The fourth-order valence-electron chi connectivity index (χ4n) is 14.8. The van der Waals surface area contributed by atoms with Crippen LogP contribution in [0.15, 0.2) is 30.3 Å². The summed E-state index contributed by atoms with van der Waals surface area (Å²) >= 11 is 0. The van der Waals surface area contributed by atoms with Crippen molar-refractivity contribution in [3.8, 4) is 0 Å². The maximum atomic E-state index is 14.5. The number of carbonyl (C=O) groups excluding carboxylic acids is 17. The van der Waals surface area contributed by atoms with Gasteiger partial charge in [0, 0.05) is 138 Å². The molecule has 1 fully saturated rings. The van der Waals surface area contributed by atoms with Crippen molar-refractivity contribution in [2.45, 2.75) is 383 Å². The van der Waals surface area contributed by atoms with Crippen molar-refractivity contribution in [3.63, 3.8) is 0 Å². The molecule has 11 atom stereocenters. The van der Waals surface area contributed by atoms with E-state index in [9.17, 15) is 81.5 Å². The molecule has 1 aliphatic rings. The molecule has 1 aliphatic carbocycles. The van der Waals surface area contributed by atoms with Gasteiger partial charge >= 0.3 is 59.7 Å². The van der Waals surface area contributed by atoms with E-state index in [1.807, 2.05) is 6.07 Å². The van der Waals surface area contributed by atoms with Crippen LogP contribution in [0, 0.1) is 17.8 Å². The minimum absolute atomic E-state index is 0.00861. The van der Waals surface area contributed by atoms with Crippen molar-refractivity contribution in [2.75, 3.05) is 59.5 Å². The van der Waals surface area contributed by atoms with E-state index >= 15 is 0 Å². The lowest BCUT2D eigenvalue weighted by Gasteiger charge is -2.47. The first kappa shape index (κ1) is 120. The van der Waals surface area contributed by atoms with Gasteiger partial charge < -0.3 is 113 Å². The summed E-state index contributed by atoms with van der Waals surface area (Å²) in [7, 11) is 0. The number of amides is 7. The summed E-state index contributed by atoms with van der Waals surface area (Å²) in [5.74, 6) is -12.2. The Kier molecular flexibility index (Phi) is 51.7. The summed E-state index contributed by atoms with van der Waals surface area (Å²) in [4.78, 5) is 219. The average Bonchev–Trinajstić information content (AvgIpc) is 0.773. The Balaban J connectivity index is 2.67. The summed E-state index contributed by atoms with van der Waals surface area (Å²) in [5.41, 5.74) is -6.94. The van der Waals surface area contributed by atoms with Gasteiger partial charge in [-0.15, -0.1) is 0 Å². The van der Waals surface area contributed by atoms with Crippen molar-refractivity contribution < 1.29 is 157 Å². The number of hydrogen-bond acceptors (Lipinski definition) is 33. The lowest BCUT2D eigenvalue weighted by atomic mass is 9.78. The molecule has 134 heavy (non-hydrogen) atoms. The van der Waals surface area contributed by atoms with Crippen molar-refractivity contribution in [3.05, 3.63) is 35.9 Å². The Hall–Kier alpha value is -10.0. The number of carbonyl (C=O) groups is 17. The minimum Gasteiger partial charge on any atom is -0.466 e. The Bertz CT molecular complexity index is 3830. The maximum Gasteiger partial charge on any atom is 0.306 e. The molecule has 7 amide bonds. The lowest BCUT2D eigenvalue weighted by Crippen LogP contribution is -2.64. The highest BCUT2D eigenvalue weighted by Crippen LogP contribution is 2.38. The topological polar surface area (TPSA) is 522 Å². The molecule has 0 saturated heterocycles. The quantitative estimate of drug-likeness (QED) is 0.0143. The molecule has 40 heteroatoms. The molecular weight excluding hydrogens is 1760 g/mol. The molecule has 1 saturated carbocycles. The van der Waals surface area contributed by atoms with Crippen LogP contribution in [-0.2, 0) is 164 Å². The lowest BCUT2D eigenvalue weighted by molar-refractivity contribution is -0.206. The number of benzene rings is 1. The van der Waals surface area contributed by atoms with Crippen LogP contribution in [-0.4, -0.2) is 261 Å². The van der Waals surface area contributed by atoms with E-state index in [1.165, 1.54) is 48.5 Å².